The Kier molecular flexibility index (Phi) is 13.1. The molecule has 0 unspecified atom stereocenters. The molecule has 0 amide bonds. The van der Waals surface area contributed by atoms with Crippen molar-refractivity contribution in [2.45, 2.75) is 207 Å². The lowest BCUT2D eigenvalue weighted by Crippen LogP contribution is -2.58. The third kappa shape index (κ3) is 8.56. The molecule has 4 aliphatic rings. The lowest BCUT2D eigenvalue weighted by atomic mass is 9.49. The maximum atomic E-state index is 7.58. The Morgan fingerprint density at radius 1 is 0.846 bits per heavy atom. The fourth-order valence-corrected chi connectivity index (χ4v) is 15.7. The Morgan fingerprint density at radius 2 is 1.42 bits per heavy atom. The van der Waals surface area contributed by atoms with Gasteiger partial charge in [0.2, 0.25) is 0 Å². The van der Waals surface area contributed by atoms with Gasteiger partial charge in [-0.05, 0) is 130 Å². The molecule has 0 aromatic rings. The zero-order valence-electron chi connectivity index (χ0n) is 37.3. The maximum Gasteiger partial charge on any atom is 0.193 e. The summed E-state index contributed by atoms with van der Waals surface area (Å²) in [5.74, 6) is 1.03. The number of allylic oxidation sites excluding steroid dienone is 4. The SMILES string of the molecule is CC[Si](CC)(CC)OC(C)(C)/C=C/CO[C@@H](C)C1=CC[C@H]2C3=CC=C4C[C@@H](O[Si](C)(C)C(C)(C)C)C[C@H](O[Si](C)(C)C(C)(C)C)[C@]4(C)[C@H]3CC[C@]12C. The quantitative estimate of drug-likeness (QED) is 0.130. The highest BCUT2D eigenvalue weighted by atomic mass is 28.4. The summed E-state index contributed by atoms with van der Waals surface area (Å²) in [7, 11) is -5.65. The van der Waals surface area contributed by atoms with E-state index in [0.717, 1.165) is 19.3 Å². The topological polar surface area (TPSA) is 36.9 Å². The van der Waals surface area contributed by atoms with E-state index in [1.807, 2.05) is 0 Å². The van der Waals surface area contributed by atoms with Gasteiger partial charge in [-0.3, -0.25) is 0 Å². The average Bonchev–Trinajstić information content (AvgIpc) is 3.38. The summed E-state index contributed by atoms with van der Waals surface area (Å²) in [4.78, 5) is 0. The van der Waals surface area contributed by atoms with E-state index in [0.29, 0.717) is 18.4 Å². The van der Waals surface area contributed by atoms with Crippen LogP contribution in [0.2, 0.25) is 54.4 Å². The Hall–Kier alpha value is -0.549. The summed E-state index contributed by atoms with van der Waals surface area (Å²) < 4.78 is 28.2. The minimum atomic E-state index is -2.04. The van der Waals surface area contributed by atoms with Crippen LogP contribution in [-0.4, -0.2) is 55.5 Å². The van der Waals surface area contributed by atoms with Gasteiger partial charge in [-0.2, -0.15) is 0 Å². The molecule has 0 aliphatic heterocycles. The minimum absolute atomic E-state index is 0.00741. The summed E-state index contributed by atoms with van der Waals surface area (Å²) >= 11 is 0. The monoisotopic (exact) mass is 771 g/mol. The van der Waals surface area contributed by atoms with Crippen LogP contribution in [0.5, 0.6) is 0 Å². The number of hydrogen-bond acceptors (Lipinski definition) is 4. The highest BCUT2D eigenvalue weighted by Gasteiger charge is 2.59. The molecule has 52 heavy (non-hydrogen) atoms. The molecule has 2 saturated carbocycles. The Balaban J connectivity index is 1.55. The van der Waals surface area contributed by atoms with Gasteiger partial charge in [0.25, 0.3) is 0 Å². The molecule has 4 nitrogen and oxygen atoms in total. The Labute approximate surface area is 325 Å². The maximum absolute atomic E-state index is 7.58. The largest absolute Gasteiger partial charge is 0.414 e. The van der Waals surface area contributed by atoms with Crippen molar-refractivity contribution in [3.63, 3.8) is 0 Å². The second-order valence-corrected chi connectivity index (χ2v) is 35.4. The molecule has 0 saturated heterocycles. The van der Waals surface area contributed by atoms with E-state index < -0.39 is 25.0 Å². The van der Waals surface area contributed by atoms with Gasteiger partial charge in [-0.25, -0.2) is 0 Å². The van der Waals surface area contributed by atoms with Crippen molar-refractivity contribution < 1.29 is 18.0 Å². The van der Waals surface area contributed by atoms with Crippen molar-refractivity contribution >= 4 is 25.0 Å². The van der Waals surface area contributed by atoms with Crippen molar-refractivity contribution in [1.29, 1.82) is 0 Å². The van der Waals surface area contributed by atoms with E-state index in [9.17, 15) is 0 Å². The van der Waals surface area contributed by atoms with Crippen molar-refractivity contribution in [2.24, 2.45) is 22.7 Å². The first kappa shape index (κ1) is 44.2. The van der Waals surface area contributed by atoms with Crippen LogP contribution >= 0.6 is 0 Å². The van der Waals surface area contributed by atoms with Crippen molar-refractivity contribution in [3.05, 3.63) is 47.1 Å². The normalized spacial score (nSPS) is 31.1. The summed E-state index contributed by atoms with van der Waals surface area (Å²) in [6.45, 7) is 43.4. The number of hydrogen-bond donors (Lipinski definition) is 0. The van der Waals surface area contributed by atoms with Gasteiger partial charge in [0.1, 0.15) is 0 Å². The Morgan fingerprint density at radius 3 is 1.98 bits per heavy atom. The molecule has 7 heteroatoms. The smallest absolute Gasteiger partial charge is 0.193 e. The molecule has 4 rings (SSSR count). The molecule has 0 spiro atoms. The summed E-state index contributed by atoms with van der Waals surface area (Å²) in [6, 6.07) is 3.51. The lowest BCUT2D eigenvalue weighted by Gasteiger charge is -2.59. The summed E-state index contributed by atoms with van der Waals surface area (Å²) in [6.07, 6.45) is 18.1. The molecule has 298 valence electrons. The highest BCUT2D eigenvalue weighted by molar-refractivity contribution is 6.74. The number of fused-ring (bicyclic) bond motifs is 5. The van der Waals surface area contributed by atoms with Gasteiger partial charge < -0.3 is 18.0 Å². The molecule has 0 aromatic carbocycles. The van der Waals surface area contributed by atoms with Crippen LogP contribution in [-0.2, 0) is 18.0 Å². The van der Waals surface area contributed by atoms with Gasteiger partial charge in [-0.15, -0.1) is 0 Å². The van der Waals surface area contributed by atoms with Crippen LogP contribution < -0.4 is 0 Å². The zero-order valence-corrected chi connectivity index (χ0v) is 40.3. The first-order valence-corrected chi connectivity index (χ1v) is 29.5. The predicted octanol–water partition coefficient (Wildman–Crippen LogP) is 13.6. The fraction of sp³-hybridized carbons (Fsp3) is 0.822. The first-order chi connectivity index (χ1) is 23.7. The van der Waals surface area contributed by atoms with Gasteiger partial charge in [0.15, 0.2) is 25.0 Å². The molecule has 0 N–H and O–H groups in total. The van der Waals surface area contributed by atoms with E-state index in [1.54, 1.807) is 11.1 Å². The van der Waals surface area contributed by atoms with E-state index >= 15 is 0 Å². The molecule has 0 bridgehead atoms. The molecule has 0 heterocycles. The molecule has 4 aliphatic carbocycles. The van der Waals surface area contributed by atoms with Crippen LogP contribution in [0.1, 0.15) is 129 Å². The predicted molar refractivity (Wildman–Crippen MR) is 232 cm³/mol. The first-order valence-electron chi connectivity index (χ1n) is 21.2. The third-order valence-electron chi connectivity index (χ3n) is 15.6. The van der Waals surface area contributed by atoms with Crippen molar-refractivity contribution in [2.75, 3.05) is 6.61 Å². The average molecular weight is 771 g/mol. The Bertz CT molecular complexity index is 1380. The van der Waals surface area contributed by atoms with Crippen LogP contribution in [0.15, 0.2) is 47.1 Å². The third-order valence-corrected chi connectivity index (χ3v) is 29.4. The number of ether oxygens (including phenoxy) is 1. The van der Waals surface area contributed by atoms with Crippen LogP contribution in [0.3, 0.4) is 0 Å². The molecular formula is C45H82O4Si3. The van der Waals surface area contributed by atoms with Crippen LogP contribution in [0.25, 0.3) is 0 Å². The van der Waals surface area contributed by atoms with E-state index in [2.05, 4.69) is 154 Å². The van der Waals surface area contributed by atoms with Gasteiger partial charge in [0.05, 0.1) is 30.5 Å². The second-order valence-electron chi connectivity index (χ2n) is 21.2. The molecule has 7 atom stereocenters. The van der Waals surface area contributed by atoms with Gasteiger partial charge in [0, 0.05) is 5.41 Å². The van der Waals surface area contributed by atoms with E-state index in [4.69, 9.17) is 18.0 Å². The summed E-state index contributed by atoms with van der Waals surface area (Å²) in [5.41, 5.74) is 4.61. The van der Waals surface area contributed by atoms with Gasteiger partial charge >= 0.3 is 0 Å². The zero-order chi connectivity index (χ0) is 39.3. The van der Waals surface area contributed by atoms with Crippen molar-refractivity contribution in [1.82, 2.24) is 0 Å². The second kappa shape index (κ2) is 15.4. The highest BCUT2D eigenvalue weighted by Crippen LogP contribution is 2.65. The summed E-state index contributed by atoms with van der Waals surface area (Å²) in [5, 5.41) is 0.345. The van der Waals surface area contributed by atoms with Crippen LogP contribution in [0, 0.1) is 22.7 Å². The van der Waals surface area contributed by atoms with E-state index in [-0.39, 0.29) is 44.8 Å². The van der Waals surface area contributed by atoms with E-state index in [1.165, 1.54) is 36.5 Å². The standard InChI is InChI=1S/C45H82O4Si3/c1-19-52(20-2,21-3)49-43(11,12)28-22-30-46-33(4)37-25-26-38-36-24-23-34-31-35(47-50(15,16)41(5,6)7)32-40(48-51(17,18)42(8,9)10)45(34,14)39(36)27-29-44(37,38)13/h22-25,28,33,35,38-40H,19-21,26-27,29-32H2,1-18H3/b28-22+/t33-,35+,38-,39-,40-,44+,45-/m0/s1. The molecular weight excluding hydrogens is 689 g/mol. The van der Waals surface area contributed by atoms with Gasteiger partial charge in [-0.1, -0.05) is 118 Å². The lowest BCUT2D eigenvalue weighted by molar-refractivity contribution is -0.0398. The minimum Gasteiger partial charge on any atom is -0.414 e. The number of rotatable bonds is 14. The fourth-order valence-electron chi connectivity index (χ4n) is 9.82. The van der Waals surface area contributed by atoms with Crippen molar-refractivity contribution in [3.8, 4) is 0 Å². The molecule has 0 radical (unpaired) electrons. The molecule has 2 fully saturated rings. The molecule has 0 aromatic heterocycles. The van der Waals surface area contributed by atoms with Crippen LogP contribution in [0.4, 0.5) is 0 Å².